The molecule has 192 valence electrons. The van der Waals surface area contributed by atoms with Gasteiger partial charge in [0.25, 0.3) is 0 Å². The molecule has 1 N–H and O–H groups in total. The van der Waals surface area contributed by atoms with Crippen molar-refractivity contribution < 1.29 is 14.7 Å². The quantitative estimate of drug-likeness (QED) is 0.557. The molecule has 2 aromatic rings. The molecule has 37 heavy (non-hydrogen) atoms. The molecule has 6 heteroatoms. The van der Waals surface area contributed by atoms with Gasteiger partial charge in [-0.05, 0) is 63.0 Å². The largest absolute Gasteiger partial charge is 0.481 e. The molecule has 6 nitrogen and oxygen atoms in total. The average Bonchev–Trinajstić information content (AvgIpc) is 2.95. The van der Waals surface area contributed by atoms with Crippen molar-refractivity contribution in [2.75, 3.05) is 13.1 Å². The van der Waals surface area contributed by atoms with Crippen molar-refractivity contribution in [2.24, 2.45) is 11.8 Å². The van der Waals surface area contributed by atoms with Crippen LogP contribution in [0.3, 0.4) is 0 Å². The second-order valence-corrected chi connectivity index (χ2v) is 10.3. The number of carbonyl (C=O) groups excluding carboxylic acids is 1. The van der Waals surface area contributed by atoms with E-state index in [0.29, 0.717) is 25.2 Å². The Morgan fingerprint density at radius 1 is 1.03 bits per heavy atom. The lowest BCUT2D eigenvalue weighted by atomic mass is 9.86. The number of benzene rings is 1. The van der Waals surface area contributed by atoms with Crippen LogP contribution in [0.5, 0.6) is 0 Å². The maximum Gasteiger partial charge on any atom is 0.303 e. The molecule has 2 heterocycles. The van der Waals surface area contributed by atoms with Gasteiger partial charge in [0.05, 0.1) is 28.0 Å². The van der Waals surface area contributed by atoms with Crippen LogP contribution >= 0.6 is 0 Å². The van der Waals surface area contributed by atoms with Gasteiger partial charge in [-0.1, -0.05) is 54.6 Å². The fourth-order valence-corrected chi connectivity index (χ4v) is 5.63. The van der Waals surface area contributed by atoms with Gasteiger partial charge >= 0.3 is 5.97 Å². The monoisotopic (exact) mass is 497 g/mol. The molecule has 2 unspecified atom stereocenters. The molecule has 0 radical (unpaired) electrons. The van der Waals surface area contributed by atoms with Gasteiger partial charge in [-0.3, -0.25) is 9.59 Å². The van der Waals surface area contributed by atoms with Crippen molar-refractivity contribution in [3.63, 3.8) is 0 Å². The van der Waals surface area contributed by atoms with Crippen LogP contribution in [0.1, 0.15) is 57.1 Å². The zero-order valence-electron chi connectivity index (χ0n) is 21.3. The molecular weight excluding hydrogens is 462 g/mol. The number of rotatable bonds is 8. The number of hydrogen-bond acceptors (Lipinski definition) is 4. The first-order valence-electron chi connectivity index (χ1n) is 13.6. The van der Waals surface area contributed by atoms with Crippen molar-refractivity contribution in [2.45, 2.75) is 57.8 Å². The summed E-state index contributed by atoms with van der Waals surface area (Å²) >= 11 is 0. The van der Waals surface area contributed by atoms with Gasteiger partial charge in [-0.25, -0.2) is 9.97 Å². The topological polar surface area (TPSA) is 83.4 Å². The Morgan fingerprint density at radius 3 is 2.68 bits per heavy atom. The van der Waals surface area contributed by atoms with E-state index >= 15 is 0 Å². The number of fused-ring (bicyclic) bond motifs is 1. The first-order chi connectivity index (χ1) is 18.1. The summed E-state index contributed by atoms with van der Waals surface area (Å²) in [6, 6.07) is 10.0. The number of carboxylic acids is 1. The van der Waals surface area contributed by atoms with Gasteiger partial charge in [0.2, 0.25) is 5.91 Å². The maximum absolute atomic E-state index is 13.6. The normalized spacial score (nSPS) is 20.9. The number of hydrogen-bond donors (Lipinski definition) is 1. The Hall–Kier alpha value is -3.54. The van der Waals surface area contributed by atoms with Crippen LogP contribution in [-0.2, 0) is 16.0 Å². The lowest BCUT2D eigenvalue weighted by Crippen LogP contribution is -2.45. The van der Waals surface area contributed by atoms with E-state index in [2.05, 4.69) is 29.2 Å². The smallest absolute Gasteiger partial charge is 0.303 e. The minimum absolute atomic E-state index is 0.152. The number of piperidine rings is 1. The van der Waals surface area contributed by atoms with E-state index in [-0.39, 0.29) is 18.2 Å². The molecule has 1 saturated heterocycles. The molecule has 3 aliphatic rings. The number of nitrogens with zero attached hydrogens (tertiary/aromatic N) is 3. The number of unbranched alkanes of at least 4 members (excludes halogenated alkanes) is 1. The summed E-state index contributed by atoms with van der Waals surface area (Å²) in [5.41, 5.74) is 4.10. The summed E-state index contributed by atoms with van der Waals surface area (Å²) in [5.74, 6) is -0.387. The highest BCUT2D eigenvalue weighted by molar-refractivity contribution is 5.85. The molecule has 1 aromatic heterocycles. The van der Waals surface area contributed by atoms with Gasteiger partial charge in [-0.15, -0.1) is 0 Å². The van der Waals surface area contributed by atoms with Gasteiger partial charge in [0.15, 0.2) is 0 Å². The van der Waals surface area contributed by atoms with Crippen molar-refractivity contribution in [3.05, 3.63) is 70.5 Å². The fourth-order valence-electron chi connectivity index (χ4n) is 5.63. The third-order valence-electron chi connectivity index (χ3n) is 7.59. The average molecular weight is 498 g/mol. The highest BCUT2D eigenvalue weighted by Crippen LogP contribution is 2.29. The number of aryl methyl sites for hydroxylation is 1. The van der Waals surface area contributed by atoms with Crippen molar-refractivity contribution in [1.82, 2.24) is 14.9 Å². The van der Waals surface area contributed by atoms with E-state index in [1.807, 2.05) is 36.4 Å². The van der Waals surface area contributed by atoms with Gasteiger partial charge in [0, 0.05) is 31.0 Å². The predicted molar refractivity (Wildman–Crippen MR) is 145 cm³/mol. The lowest BCUT2D eigenvalue weighted by molar-refractivity contribution is -0.137. The summed E-state index contributed by atoms with van der Waals surface area (Å²) < 4.78 is 0. The van der Waals surface area contributed by atoms with Crippen molar-refractivity contribution in [1.29, 1.82) is 0 Å². The van der Waals surface area contributed by atoms with Crippen molar-refractivity contribution in [3.8, 4) is 11.3 Å². The standard InChI is InChI=1S/C31H35N3O3/c35-29(36)16-8-7-15-27-30(23-12-5-2-6-13-23)33-26-18-17-24(20-28(26)32-27)31(37)34-19-9-14-25(21-34)22-10-3-1-4-11-22/h2-3,5-6,10-13,18,20,24-25H,1,4,7-9,14-17,19,21H2,(H,35,36). The Kier molecular flexibility index (Phi) is 7.93. The van der Waals surface area contributed by atoms with Crippen LogP contribution in [0.4, 0.5) is 0 Å². The van der Waals surface area contributed by atoms with Crippen LogP contribution < -0.4 is 10.7 Å². The number of allylic oxidation sites excluding steroid dienone is 3. The van der Waals surface area contributed by atoms with Crippen LogP contribution in [0.15, 0.2) is 54.1 Å². The van der Waals surface area contributed by atoms with Crippen LogP contribution in [0.25, 0.3) is 23.4 Å². The van der Waals surface area contributed by atoms with E-state index in [9.17, 15) is 9.59 Å². The summed E-state index contributed by atoms with van der Waals surface area (Å²) in [6.07, 6.45) is 18.0. The van der Waals surface area contributed by atoms with Gasteiger partial charge in [-0.2, -0.15) is 0 Å². The number of aliphatic carboxylic acids is 1. The molecule has 1 aromatic carbocycles. The fraction of sp³-hybridized carbons (Fsp3) is 0.419. The van der Waals surface area contributed by atoms with Crippen LogP contribution in [-0.4, -0.2) is 44.9 Å². The molecule has 0 saturated carbocycles. The van der Waals surface area contributed by atoms with Crippen LogP contribution in [0, 0.1) is 11.8 Å². The third-order valence-corrected chi connectivity index (χ3v) is 7.59. The lowest BCUT2D eigenvalue weighted by Gasteiger charge is -2.35. The van der Waals surface area contributed by atoms with Gasteiger partial charge < -0.3 is 10.0 Å². The summed E-state index contributed by atoms with van der Waals surface area (Å²) in [5, 5.41) is 10.6. The Bertz CT molecular complexity index is 1330. The van der Waals surface area contributed by atoms with E-state index in [4.69, 9.17) is 15.1 Å². The molecular formula is C31H35N3O3. The minimum Gasteiger partial charge on any atom is -0.481 e. The molecule has 0 bridgehead atoms. The number of likely N-dealkylation sites (tertiary alicyclic amines) is 1. The zero-order chi connectivity index (χ0) is 25.6. The van der Waals surface area contributed by atoms with E-state index in [1.165, 1.54) is 5.57 Å². The molecule has 1 amide bonds. The highest BCUT2D eigenvalue weighted by Gasteiger charge is 2.29. The first-order valence-corrected chi connectivity index (χ1v) is 13.6. The minimum atomic E-state index is -0.778. The Balaban J connectivity index is 1.38. The molecule has 0 spiro atoms. The Labute approximate surface area is 218 Å². The van der Waals surface area contributed by atoms with Gasteiger partial charge in [0.1, 0.15) is 0 Å². The second-order valence-electron chi connectivity index (χ2n) is 10.3. The van der Waals surface area contributed by atoms with Crippen molar-refractivity contribution >= 4 is 24.0 Å². The second kappa shape index (κ2) is 11.7. The summed E-state index contributed by atoms with van der Waals surface area (Å²) in [7, 11) is 0. The third kappa shape index (κ3) is 6.07. The highest BCUT2D eigenvalue weighted by atomic mass is 16.4. The predicted octanol–water partition coefficient (Wildman–Crippen LogP) is 4.04. The number of carbonyl (C=O) groups is 2. The summed E-state index contributed by atoms with van der Waals surface area (Å²) in [4.78, 5) is 36.5. The first kappa shape index (κ1) is 25.1. The van der Waals surface area contributed by atoms with E-state index < -0.39 is 5.97 Å². The Morgan fingerprint density at radius 2 is 1.89 bits per heavy atom. The van der Waals surface area contributed by atoms with E-state index in [0.717, 1.165) is 72.8 Å². The number of aromatic nitrogens is 2. The maximum atomic E-state index is 13.6. The van der Waals surface area contributed by atoms with Crippen LogP contribution in [0.2, 0.25) is 0 Å². The molecule has 1 fully saturated rings. The number of amides is 1. The molecule has 2 aliphatic carbocycles. The molecule has 2 atom stereocenters. The SMILES string of the molecule is O=C(O)CCCCc1nc2c(nc1-c1ccccc1)=CCC(C(=O)N1CCCC(C3=CCCC=C3)C1)C=2. The molecule has 1 aliphatic heterocycles. The zero-order valence-corrected chi connectivity index (χ0v) is 21.3. The number of carboxylic acid groups (broad SMARTS) is 1. The molecule has 5 rings (SSSR count). The van der Waals surface area contributed by atoms with E-state index in [1.54, 1.807) is 0 Å². The summed E-state index contributed by atoms with van der Waals surface area (Å²) in [6.45, 7) is 1.61.